The molecule has 1 fully saturated rings. The van der Waals surface area contributed by atoms with Crippen molar-refractivity contribution in [1.29, 1.82) is 0 Å². The summed E-state index contributed by atoms with van der Waals surface area (Å²) in [6.45, 7) is 1.12. The van der Waals surface area contributed by atoms with Crippen LogP contribution in [0.25, 0.3) is 0 Å². The number of carbonyl (C=O) groups excluding carboxylic acids is 2. The van der Waals surface area contributed by atoms with Crippen LogP contribution in [-0.4, -0.2) is 29.9 Å². The smallest absolute Gasteiger partial charge is 0.321 e. The number of urea groups is 1. The lowest BCUT2D eigenvalue weighted by atomic mass is 9.97. The number of nitrogens with one attached hydrogen (secondary N) is 2. The van der Waals surface area contributed by atoms with Crippen molar-refractivity contribution >= 4 is 23.3 Å². The van der Waals surface area contributed by atoms with Crippen LogP contribution in [0.5, 0.6) is 0 Å². The van der Waals surface area contributed by atoms with Crippen LogP contribution in [0.4, 0.5) is 16.2 Å². The third-order valence-electron chi connectivity index (χ3n) is 4.15. The van der Waals surface area contributed by atoms with Crippen molar-refractivity contribution in [3.8, 4) is 0 Å². The van der Waals surface area contributed by atoms with E-state index in [4.69, 9.17) is 0 Å². The number of carbonyl (C=O) groups is 2. The third-order valence-corrected chi connectivity index (χ3v) is 4.15. The second-order valence-electron chi connectivity index (χ2n) is 5.94. The Bertz CT molecular complexity index is 629. The number of piperidine rings is 1. The maximum Gasteiger partial charge on any atom is 0.321 e. The summed E-state index contributed by atoms with van der Waals surface area (Å²) in [4.78, 5) is 26.5. The standard InChI is InChI=1S/C19H21N3O2/c23-18(20-16-9-3-1-4-10-16)15-8-7-13-22(14-15)19(24)21-17-11-5-2-6-12-17/h1-6,9-12,15H,7-8,13-14H2,(H,20,23)(H,21,24)/t15-/m1/s1. The van der Waals surface area contributed by atoms with Crippen molar-refractivity contribution in [2.45, 2.75) is 12.8 Å². The van der Waals surface area contributed by atoms with E-state index in [1.165, 1.54) is 0 Å². The molecule has 0 unspecified atom stereocenters. The number of likely N-dealkylation sites (tertiary alicyclic amines) is 1. The molecule has 5 nitrogen and oxygen atoms in total. The summed E-state index contributed by atoms with van der Waals surface area (Å²) in [5, 5.41) is 5.80. The summed E-state index contributed by atoms with van der Waals surface area (Å²) in [5.74, 6) is -0.209. The van der Waals surface area contributed by atoms with Gasteiger partial charge >= 0.3 is 6.03 Å². The fourth-order valence-corrected chi connectivity index (χ4v) is 2.87. The van der Waals surface area contributed by atoms with Gasteiger partial charge in [-0.1, -0.05) is 36.4 Å². The molecule has 2 aromatic rings. The maximum atomic E-state index is 12.4. The van der Waals surface area contributed by atoms with Gasteiger partial charge in [0.05, 0.1) is 5.92 Å². The molecule has 0 spiro atoms. The largest absolute Gasteiger partial charge is 0.326 e. The first-order valence-electron chi connectivity index (χ1n) is 8.19. The number of amides is 3. The molecule has 0 bridgehead atoms. The molecule has 2 N–H and O–H groups in total. The second kappa shape index (κ2) is 7.64. The van der Waals surface area contributed by atoms with Gasteiger partial charge in [0.1, 0.15) is 0 Å². The van der Waals surface area contributed by atoms with Crippen LogP contribution in [0.2, 0.25) is 0 Å². The van der Waals surface area contributed by atoms with E-state index in [2.05, 4.69) is 10.6 Å². The highest BCUT2D eigenvalue weighted by Crippen LogP contribution is 2.20. The fraction of sp³-hybridized carbons (Fsp3) is 0.263. The molecule has 2 aromatic carbocycles. The average molecular weight is 323 g/mol. The van der Waals surface area contributed by atoms with Crippen molar-refractivity contribution in [3.05, 3.63) is 60.7 Å². The molecule has 1 aliphatic rings. The molecular formula is C19H21N3O2. The highest BCUT2D eigenvalue weighted by Gasteiger charge is 2.28. The minimum Gasteiger partial charge on any atom is -0.326 e. The summed E-state index contributed by atoms with van der Waals surface area (Å²) in [7, 11) is 0. The predicted octanol–water partition coefficient (Wildman–Crippen LogP) is 3.57. The molecule has 1 aliphatic heterocycles. The van der Waals surface area contributed by atoms with Gasteiger partial charge in [-0.05, 0) is 37.1 Å². The lowest BCUT2D eigenvalue weighted by molar-refractivity contribution is -0.121. The Hall–Kier alpha value is -2.82. The molecular weight excluding hydrogens is 302 g/mol. The molecule has 124 valence electrons. The molecule has 0 aliphatic carbocycles. The summed E-state index contributed by atoms with van der Waals surface area (Å²) in [6.07, 6.45) is 1.63. The quantitative estimate of drug-likeness (QED) is 0.907. The number of hydrogen-bond acceptors (Lipinski definition) is 2. The summed E-state index contributed by atoms with van der Waals surface area (Å²) < 4.78 is 0. The number of benzene rings is 2. The highest BCUT2D eigenvalue weighted by molar-refractivity contribution is 5.94. The number of anilines is 2. The van der Waals surface area contributed by atoms with Crippen LogP contribution >= 0.6 is 0 Å². The zero-order valence-electron chi connectivity index (χ0n) is 13.4. The van der Waals surface area contributed by atoms with Crippen LogP contribution in [0.3, 0.4) is 0 Å². The minimum absolute atomic E-state index is 0.0292. The SMILES string of the molecule is O=C(Nc1ccccc1)[C@@H]1CCCN(C(=O)Nc2ccccc2)C1. The summed E-state index contributed by atoms with van der Waals surface area (Å²) >= 11 is 0. The Labute approximate surface area is 141 Å². The van der Waals surface area contributed by atoms with E-state index in [-0.39, 0.29) is 17.9 Å². The Morgan fingerprint density at radius 1 is 0.875 bits per heavy atom. The van der Waals surface area contributed by atoms with E-state index < -0.39 is 0 Å². The monoisotopic (exact) mass is 323 g/mol. The van der Waals surface area contributed by atoms with Gasteiger partial charge < -0.3 is 15.5 Å². The van der Waals surface area contributed by atoms with Crippen molar-refractivity contribution < 1.29 is 9.59 Å². The summed E-state index contributed by atoms with van der Waals surface area (Å²) in [5.41, 5.74) is 1.55. The number of para-hydroxylation sites is 2. The molecule has 5 heteroatoms. The fourth-order valence-electron chi connectivity index (χ4n) is 2.87. The van der Waals surface area contributed by atoms with E-state index in [0.717, 1.165) is 24.2 Å². The Kier molecular flexibility index (Phi) is 5.11. The first-order valence-corrected chi connectivity index (χ1v) is 8.19. The molecule has 3 amide bonds. The van der Waals surface area contributed by atoms with Crippen molar-refractivity contribution in [2.75, 3.05) is 23.7 Å². The van der Waals surface area contributed by atoms with Gasteiger partial charge in [-0.15, -0.1) is 0 Å². The van der Waals surface area contributed by atoms with E-state index in [0.29, 0.717) is 13.1 Å². The number of nitrogens with zero attached hydrogens (tertiary/aromatic N) is 1. The molecule has 1 atom stereocenters. The van der Waals surface area contributed by atoms with Gasteiger partial charge in [0.15, 0.2) is 0 Å². The first kappa shape index (κ1) is 16.1. The van der Waals surface area contributed by atoms with E-state index in [1.807, 2.05) is 60.7 Å². The maximum absolute atomic E-state index is 12.4. The van der Waals surface area contributed by atoms with E-state index in [1.54, 1.807) is 4.90 Å². The normalized spacial score (nSPS) is 17.2. The highest BCUT2D eigenvalue weighted by atomic mass is 16.2. The van der Waals surface area contributed by atoms with Gasteiger partial charge in [-0.25, -0.2) is 4.79 Å². The predicted molar refractivity (Wildman–Crippen MR) is 94.8 cm³/mol. The molecule has 3 rings (SSSR count). The number of hydrogen-bond donors (Lipinski definition) is 2. The van der Waals surface area contributed by atoms with Crippen LogP contribution in [0.15, 0.2) is 60.7 Å². The topological polar surface area (TPSA) is 61.4 Å². The Morgan fingerprint density at radius 3 is 2.08 bits per heavy atom. The molecule has 1 heterocycles. The third kappa shape index (κ3) is 4.13. The Balaban J connectivity index is 1.57. The van der Waals surface area contributed by atoms with Crippen molar-refractivity contribution in [1.82, 2.24) is 4.90 Å². The van der Waals surface area contributed by atoms with Gasteiger partial charge in [-0.2, -0.15) is 0 Å². The van der Waals surface area contributed by atoms with Gasteiger partial charge in [0, 0.05) is 24.5 Å². The van der Waals surface area contributed by atoms with Crippen LogP contribution in [0, 0.1) is 5.92 Å². The number of rotatable bonds is 3. The van der Waals surface area contributed by atoms with Gasteiger partial charge in [0.2, 0.25) is 5.91 Å². The van der Waals surface area contributed by atoms with E-state index >= 15 is 0 Å². The Morgan fingerprint density at radius 2 is 1.46 bits per heavy atom. The molecule has 24 heavy (non-hydrogen) atoms. The minimum atomic E-state index is -0.180. The first-order chi connectivity index (χ1) is 11.7. The zero-order chi connectivity index (χ0) is 16.8. The summed E-state index contributed by atoms with van der Waals surface area (Å²) in [6, 6.07) is 18.6. The van der Waals surface area contributed by atoms with Gasteiger partial charge in [0.25, 0.3) is 0 Å². The molecule has 0 aromatic heterocycles. The van der Waals surface area contributed by atoms with Crippen molar-refractivity contribution in [3.63, 3.8) is 0 Å². The lowest BCUT2D eigenvalue weighted by Gasteiger charge is -2.32. The van der Waals surface area contributed by atoms with Gasteiger partial charge in [-0.3, -0.25) is 4.79 Å². The van der Waals surface area contributed by atoms with E-state index in [9.17, 15) is 9.59 Å². The van der Waals surface area contributed by atoms with Crippen LogP contribution in [0.1, 0.15) is 12.8 Å². The lowest BCUT2D eigenvalue weighted by Crippen LogP contribution is -2.45. The second-order valence-corrected chi connectivity index (χ2v) is 5.94. The van der Waals surface area contributed by atoms with Crippen molar-refractivity contribution in [2.24, 2.45) is 5.92 Å². The molecule has 0 radical (unpaired) electrons. The van der Waals surface area contributed by atoms with Crippen LogP contribution < -0.4 is 10.6 Å². The molecule has 0 saturated carbocycles. The molecule has 1 saturated heterocycles. The average Bonchev–Trinajstić information content (AvgIpc) is 2.63. The zero-order valence-corrected chi connectivity index (χ0v) is 13.4. The van der Waals surface area contributed by atoms with Crippen LogP contribution in [-0.2, 0) is 4.79 Å².